The smallest absolute Gasteiger partial charge is 0.153 e. The first kappa shape index (κ1) is 12.6. The third-order valence-electron chi connectivity index (χ3n) is 3.64. The summed E-state index contributed by atoms with van der Waals surface area (Å²) in [6.07, 6.45) is 1.62. The summed E-state index contributed by atoms with van der Waals surface area (Å²) >= 11 is 2.26. The summed E-state index contributed by atoms with van der Waals surface area (Å²) < 4.78 is 34.1. The summed E-state index contributed by atoms with van der Waals surface area (Å²) in [4.78, 5) is 1.76. The maximum absolute atomic E-state index is 14.5. The summed E-state index contributed by atoms with van der Waals surface area (Å²) in [5.41, 5.74) is 1.68. The van der Waals surface area contributed by atoms with Gasteiger partial charge in [-0.1, -0.05) is 22.6 Å². The van der Waals surface area contributed by atoms with Crippen molar-refractivity contribution in [2.45, 2.75) is 16.8 Å². The van der Waals surface area contributed by atoms with Crippen LogP contribution in [0.2, 0.25) is 0 Å². The van der Waals surface area contributed by atoms with Crippen LogP contribution in [0.25, 0.3) is 0 Å². The molecule has 1 aromatic rings. The van der Waals surface area contributed by atoms with Gasteiger partial charge in [0.2, 0.25) is 0 Å². The third kappa shape index (κ3) is 2.01. The normalized spacial score (nSPS) is 23.3. The highest BCUT2D eigenvalue weighted by atomic mass is 127. The van der Waals surface area contributed by atoms with Crippen molar-refractivity contribution in [3.63, 3.8) is 0 Å². The van der Waals surface area contributed by atoms with Gasteiger partial charge in [-0.25, -0.2) is 8.78 Å². The third-order valence-corrected chi connectivity index (χ3v) is 4.94. The quantitative estimate of drug-likeness (QED) is 0.560. The Morgan fingerprint density at radius 1 is 1.28 bits per heavy atom. The fourth-order valence-corrected chi connectivity index (χ4v) is 3.57. The van der Waals surface area contributed by atoms with E-state index in [2.05, 4.69) is 22.6 Å². The van der Waals surface area contributed by atoms with Gasteiger partial charge in [0.25, 0.3) is 0 Å². The summed E-state index contributed by atoms with van der Waals surface area (Å²) in [5.74, 6) is -0.789. The minimum absolute atomic E-state index is 0.141. The van der Waals surface area contributed by atoms with Crippen molar-refractivity contribution in [2.75, 3.05) is 31.2 Å². The van der Waals surface area contributed by atoms with Crippen molar-refractivity contribution in [2.24, 2.45) is 0 Å². The molecule has 3 rings (SSSR count). The molecule has 2 nitrogen and oxygen atoms in total. The number of fused-ring (bicyclic) bond motifs is 1. The summed E-state index contributed by atoms with van der Waals surface area (Å²) in [7, 11) is 0. The van der Waals surface area contributed by atoms with Crippen LogP contribution in [0.3, 0.4) is 0 Å². The average molecular weight is 365 g/mol. The van der Waals surface area contributed by atoms with Crippen LogP contribution < -0.4 is 4.90 Å². The molecule has 0 aromatic heterocycles. The van der Waals surface area contributed by atoms with E-state index in [-0.39, 0.29) is 15.4 Å². The van der Waals surface area contributed by atoms with Crippen LogP contribution in [0.1, 0.15) is 21.5 Å². The molecule has 0 bridgehead atoms. The number of morpholine rings is 1. The van der Waals surface area contributed by atoms with E-state index < -0.39 is 5.82 Å². The average Bonchev–Trinajstić information content (AvgIpc) is 2.73. The molecule has 0 radical (unpaired) electrons. The number of halogens is 3. The number of benzene rings is 1. The molecule has 1 saturated heterocycles. The highest BCUT2D eigenvalue weighted by molar-refractivity contribution is 14.1. The molecule has 2 aliphatic rings. The Labute approximate surface area is 118 Å². The highest BCUT2D eigenvalue weighted by Gasteiger charge is 2.29. The molecule has 0 amide bonds. The number of hydrogen-bond donors (Lipinski definition) is 0. The lowest BCUT2D eigenvalue weighted by Gasteiger charge is -2.30. The first-order chi connectivity index (χ1) is 8.68. The molecule has 1 aromatic carbocycles. The van der Waals surface area contributed by atoms with Gasteiger partial charge in [0.1, 0.15) is 11.5 Å². The molecule has 1 atom stereocenters. The summed E-state index contributed by atoms with van der Waals surface area (Å²) in [6, 6.07) is 1.52. The number of alkyl halides is 1. The van der Waals surface area contributed by atoms with Crippen LogP contribution in [0.5, 0.6) is 0 Å². The van der Waals surface area contributed by atoms with Gasteiger partial charge >= 0.3 is 0 Å². The first-order valence-corrected chi connectivity index (χ1v) is 7.40. The number of hydrogen-bond acceptors (Lipinski definition) is 2. The van der Waals surface area contributed by atoms with E-state index in [1.54, 1.807) is 4.90 Å². The van der Waals surface area contributed by atoms with Crippen LogP contribution in [0, 0.1) is 11.6 Å². The maximum atomic E-state index is 14.5. The lowest BCUT2D eigenvalue weighted by atomic mass is 10.1. The predicted molar refractivity (Wildman–Crippen MR) is 74.5 cm³/mol. The molecule has 0 spiro atoms. The van der Waals surface area contributed by atoms with Gasteiger partial charge in [0, 0.05) is 17.0 Å². The van der Waals surface area contributed by atoms with E-state index in [1.165, 1.54) is 6.07 Å². The molecular formula is C13H14F2INO. The van der Waals surface area contributed by atoms with Crippen LogP contribution >= 0.6 is 22.6 Å². The largest absolute Gasteiger partial charge is 0.378 e. The summed E-state index contributed by atoms with van der Waals surface area (Å²) in [6.45, 7) is 2.18. The molecule has 0 N–H and O–H groups in total. The van der Waals surface area contributed by atoms with Gasteiger partial charge in [-0.15, -0.1) is 0 Å². The van der Waals surface area contributed by atoms with Crippen molar-refractivity contribution in [1.29, 1.82) is 0 Å². The Morgan fingerprint density at radius 3 is 2.72 bits per heavy atom. The number of rotatable bonds is 1. The van der Waals surface area contributed by atoms with Crippen LogP contribution in [-0.4, -0.2) is 26.3 Å². The molecule has 18 heavy (non-hydrogen) atoms. The topological polar surface area (TPSA) is 12.5 Å². The van der Waals surface area contributed by atoms with Crippen molar-refractivity contribution in [3.8, 4) is 0 Å². The van der Waals surface area contributed by atoms with Gasteiger partial charge in [-0.05, 0) is 30.0 Å². The van der Waals surface area contributed by atoms with Crippen molar-refractivity contribution < 1.29 is 13.5 Å². The second kappa shape index (κ2) is 4.92. The van der Waals surface area contributed by atoms with Gasteiger partial charge in [0.05, 0.1) is 13.2 Å². The second-order valence-corrected chi connectivity index (χ2v) is 6.20. The zero-order valence-electron chi connectivity index (χ0n) is 9.89. The number of ether oxygens (including phenoxy) is 1. The predicted octanol–water partition coefficient (Wildman–Crippen LogP) is 3.22. The van der Waals surface area contributed by atoms with Gasteiger partial charge in [-0.2, -0.15) is 0 Å². The van der Waals surface area contributed by atoms with Gasteiger partial charge in [-0.3, -0.25) is 0 Å². The SMILES string of the molecule is Fc1cc2c(c(F)c1N1CCOCC1)CC[C@H]2I. The molecule has 1 aliphatic heterocycles. The van der Waals surface area contributed by atoms with Crippen molar-refractivity contribution in [1.82, 2.24) is 0 Å². The van der Waals surface area contributed by atoms with Crippen molar-refractivity contribution >= 4 is 28.3 Å². The molecule has 98 valence electrons. The van der Waals surface area contributed by atoms with E-state index in [1.807, 2.05) is 0 Å². The minimum Gasteiger partial charge on any atom is -0.378 e. The Balaban J connectivity index is 2.04. The maximum Gasteiger partial charge on any atom is 0.153 e. The van der Waals surface area contributed by atoms with Crippen molar-refractivity contribution in [3.05, 3.63) is 28.8 Å². The molecule has 5 heteroatoms. The highest BCUT2D eigenvalue weighted by Crippen LogP contribution is 2.42. The fourth-order valence-electron chi connectivity index (χ4n) is 2.70. The molecule has 0 unspecified atom stereocenters. The lowest BCUT2D eigenvalue weighted by Crippen LogP contribution is -2.37. The van der Waals surface area contributed by atoms with Crippen LogP contribution in [0.15, 0.2) is 6.07 Å². The zero-order chi connectivity index (χ0) is 12.7. The van der Waals surface area contributed by atoms with Crippen LogP contribution in [-0.2, 0) is 11.2 Å². The van der Waals surface area contributed by atoms with E-state index in [9.17, 15) is 8.78 Å². The Hall–Kier alpha value is -0.430. The monoisotopic (exact) mass is 365 g/mol. The van der Waals surface area contributed by atoms with Crippen LogP contribution in [0.4, 0.5) is 14.5 Å². The zero-order valence-corrected chi connectivity index (χ0v) is 12.0. The van der Waals surface area contributed by atoms with E-state index >= 15 is 0 Å². The Bertz CT molecular complexity index is 475. The molecule has 1 fully saturated rings. The van der Waals surface area contributed by atoms with E-state index in [0.717, 1.165) is 12.0 Å². The Kier molecular flexibility index (Phi) is 3.44. The summed E-state index contributed by atoms with van der Waals surface area (Å²) in [5, 5.41) is 0. The number of nitrogens with zero attached hydrogens (tertiary/aromatic N) is 1. The van der Waals surface area contributed by atoms with Gasteiger partial charge < -0.3 is 9.64 Å². The molecule has 1 aliphatic carbocycles. The van der Waals surface area contributed by atoms with E-state index in [4.69, 9.17) is 4.74 Å². The minimum atomic E-state index is -0.434. The standard InChI is InChI=1S/C13H14F2INO/c14-10-7-9-8(1-2-11(9)16)12(15)13(10)17-3-5-18-6-4-17/h7,11H,1-6H2/t11-/m1/s1. The number of anilines is 1. The lowest BCUT2D eigenvalue weighted by molar-refractivity contribution is 0.122. The molecular weight excluding hydrogens is 351 g/mol. The molecule has 0 saturated carbocycles. The van der Waals surface area contributed by atoms with Gasteiger partial charge in [0.15, 0.2) is 5.82 Å². The fraction of sp³-hybridized carbons (Fsp3) is 0.538. The molecule has 1 heterocycles. The first-order valence-electron chi connectivity index (χ1n) is 6.16. The van der Waals surface area contributed by atoms with E-state index in [0.29, 0.717) is 38.3 Å². The second-order valence-electron chi connectivity index (χ2n) is 4.69. The Morgan fingerprint density at radius 2 is 2.00 bits per heavy atom.